The molecule has 208 valence electrons. The van der Waals surface area contributed by atoms with Gasteiger partial charge in [-0.1, -0.05) is 48.5 Å². The van der Waals surface area contributed by atoms with Gasteiger partial charge in [0.25, 0.3) is 5.91 Å². The maximum absolute atomic E-state index is 13.6. The molecule has 5 rings (SSSR count). The second-order valence-electron chi connectivity index (χ2n) is 9.45. The number of carbonyl (C=O) groups excluding carboxylic acids is 1. The molecule has 41 heavy (non-hydrogen) atoms. The van der Waals surface area contributed by atoms with E-state index in [-0.39, 0.29) is 28.8 Å². The maximum Gasteiger partial charge on any atom is 0.416 e. The van der Waals surface area contributed by atoms with Crippen molar-refractivity contribution in [3.05, 3.63) is 108 Å². The smallest absolute Gasteiger partial charge is 0.416 e. The van der Waals surface area contributed by atoms with Crippen molar-refractivity contribution < 1.29 is 27.1 Å². The first-order valence-corrected chi connectivity index (χ1v) is 12.6. The van der Waals surface area contributed by atoms with Crippen LogP contribution in [0.3, 0.4) is 0 Å². The number of nitrogens with one attached hydrogen (secondary N) is 1. The number of rotatable bonds is 7. The zero-order valence-electron chi connectivity index (χ0n) is 22.5. The lowest BCUT2D eigenvalue weighted by Crippen LogP contribution is -2.15. The Morgan fingerprint density at radius 2 is 1.51 bits per heavy atom. The third kappa shape index (κ3) is 5.94. The Hall–Kier alpha value is -5.05. The molecule has 1 amide bonds. The molecule has 0 aliphatic heterocycles. The third-order valence-electron chi connectivity index (χ3n) is 6.46. The number of amides is 1. The summed E-state index contributed by atoms with van der Waals surface area (Å²) in [7, 11) is 5.07. The molecule has 0 saturated heterocycles. The van der Waals surface area contributed by atoms with E-state index in [1.165, 1.54) is 13.2 Å². The van der Waals surface area contributed by atoms with E-state index in [9.17, 15) is 18.0 Å². The van der Waals surface area contributed by atoms with Crippen LogP contribution in [0, 0.1) is 0 Å². The van der Waals surface area contributed by atoms with Crippen LogP contribution in [0.25, 0.3) is 33.9 Å². The average molecular weight is 558 g/mol. The van der Waals surface area contributed by atoms with E-state index in [2.05, 4.69) is 10.3 Å². The number of ether oxygens (including phenoxy) is 1. The van der Waals surface area contributed by atoms with Crippen molar-refractivity contribution >= 4 is 17.3 Å². The number of hydrogen-bond acceptors (Lipinski definition) is 5. The molecule has 9 heteroatoms. The summed E-state index contributed by atoms with van der Waals surface area (Å²) in [5, 5.41) is 2.55. The Morgan fingerprint density at radius 3 is 2.15 bits per heavy atom. The van der Waals surface area contributed by atoms with Crippen LogP contribution in [0.5, 0.6) is 5.75 Å². The quantitative estimate of drug-likeness (QED) is 0.220. The average Bonchev–Trinajstić information content (AvgIpc) is 3.43. The van der Waals surface area contributed by atoms with E-state index in [1.807, 2.05) is 85.7 Å². The highest BCUT2D eigenvalue weighted by Crippen LogP contribution is 2.37. The van der Waals surface area contributed by atoms with Crippen molar-refractivity contribution in [1.29, 1.82) is 0 Å². The number of benzene rings is 4. The molecule has 4 aromatic carbocycles. The summed E-state index contributed by atoms with van der Waals surface area (Å²) in [6.07, 6.45) is -4.63. The summed E-state index contributed by atoms with van der Waals surface area (Å²) in [6, 6.07) is 27.5. The summed E-state index contributed by atoms with van der Waals surface area (Å²) in [5.41, 5.74) is 2.83. The first kappa shape index (κ1) is 27.5. The van der Waals surface area contributed by atoms with E-state index < -0.39 is 17.6 Å². The molecule has 6 nitrogen and oxygen atoms in total. The molecular formula is C32H26F3N3O3. The normalized spacial score (nSPS) is 11.3. The van der Waals surface area contributed by atoms with Crippen LogP contribution in [0.2, 0.25) is 0 Å². The van der Waals surface area contributed by atoms with Gasteiger partial charge in [0.2, 0.25) is 5.89 Å². The van der Waals surface area contributed by atoms with E-state index in [1.54, 1.807) is 12.1 Å². The van der Waals surface area contributed by atoms with Gasteiger partial charge < -0.3 is 19.4 Å². The molecule has 0 atom stereocenters. The van der Waals surface area contributed by atoms with Crippen molar-refractivity contribution in [3.63, 3.8) is 0 Å². The van der Waals surface area contributed by atoms with Gasteiger partial charge in [-0.2, -0.15) is 13.2 Å². The van der Waals surface area contributed by atoms with Crippen LogP contribution in [0.4, 0.5) is 24.5 Å². The Morgan fingerprint density at radius 1 is 0.854 bits per heavy atom. The molecule has 0 bridgehead atoms. The van der Waals surface area contributed by atoms with Gasteiger partial charge in [0.1, 0.15) is 5.75 Å². The lowest BCUT2D eigenvalue weighted by Gasteiger charge is -2.13. The maximum atomic E-state index is 13.6. The number of anilines is 2. The summed E-state index contributed by atoms with van der Waals surface area (Å²) in [5.74, 6) is -0.398. The highest BCUT2D eigenvalue weighted by Gasteiger charge is 2.32. The minimum Gasteiger partial charge on any atom is -0.497 e. The molecule has 0 radical (unpaired) electrons. The van der Waals surface area contributed by atoms with Crippen LogP contribution < -0.4 is 15.0 Å². The molecule has 0 aliphatic rings. The van der Waals surface area contributed by atoms with Crippen LogP contribution in [0.1, 0.15) is 16.1 Å². The zero-order chi connectivity index (χ0) is 29.1. The van der Waals surface area contributed by atoms with E-state index in [0.29, 0.717) is 11.1 Å². The number of alkyl halides is 3. The Labute approximate surface area is 235 Å². The van der Waals surface area contributed by atoms with Gasteiger partial charge in [-0.25, -0.2) is 4.98 Å². The number of hydrogen-bond donors (Lipinski definition) is 1. The fourth-order valence-electron chi connectivity index (χ4n) is 4.38. The van der Waals surface area contributed by atoms with Crippen molar-refractivity contribution in [2.24, 2.45) is 0 Å². The summed E-state index contributed by atoms with van der Waals surface area (Å²) in [6.45, 7) is 0. The van der Waals surface area contributed by atoms with Gasteiger partial charge in [0.15, 0.2) is 11.5 Å². The minimum absolute atomic E-state index is 0.0488. The predicted octanol–water partition coefficient (Wildman–Crippen LogP) is 8.02. The Balaban J connectivity index is 1.61. The highest BCUT2D eigenvalue weighted by molar-refractivity contribution is 6.07. The summed E-state index contributed by atoms with van der Waals surface area (Å²) in [4.78, 5) is 20.1. The third-order valence-corrected chi connectivity index (χ3v) is 6.46. The van der Waals surface area contributed by atoms with Gasteiger partial charge in [0, 0.05) is 42.7 Å². The van der Waals surface area contributed by atoms with Crippen molar-refractivity contribution in [2.45, 2.75) is 6.18 Å². The first-order chi connectivity index (χ1) is 19.6. The van der Waals surface area contributed by atoms with E-state index >= 15 is 0 Å². The lowest BCUT2D eigenvalue weighted by molar-refractivity contribution is -0.137. The van der Waals surface area contributed by atoms with Gasteiger partial charge in [-0.15, -0.1) is 0 Å². The monoisotopic (exact) mass is 557 g/mol. The zero-order valence-corrected chi connectivity index (χ0v) is 22.5. The van der Waals surface area contributed by atoms with Gasteiger partial charge >= 0.3 is 6.18 Å². The molecule has 0 aliphatic carbocycles. The molecule has 0 unspecified atom stereocenters. The SMILES string of the molecule is COc1cc(NC(=O)c2nc(-c3ccccc3-c3ccccc3)oc2-c2ccc(N(C)C)cc2)cc(C(F)(F)F)c1. The van der Waals surface area contributed by atoms with Crippen LogP contribution in [-0.2, 0) is 6.18 Å². The highest BCUT2D eigenvalue weighted by atomic mass is 19.4. The molecular weight excluding hydrogens is 531 g/mol. The number of carbonyl (C=O) groups is 1. The molecule has 0 spiro atoms. The van der Waals surface area contributed by atoms with Crippen LogP contribution >= 0.6 is 0 Å². The van der Waals surface area contributed by atoms with Crippen molar-refractivity contribution in [1.82, 2.24) is 4.98 Å². The topological polar surface area (TPSA) is 67.6 Å². The number of halogens is 3. The molecule has 5 aromatic rings. The fourth-order valence-corrected chi connectivity index (χ4v) is 4.38. The lowest BCUT2D eigenvalue weighted by atomic mass is 10.00. The van der Waals surface area contributed by atoms with Crippen molar-refractivity contribution in [3.8, 4) is 39.7 Å². The molecule has 1 heterocycles. The second kappa shape index (κ2) is 11.2. The van der Waals surface area contributed by atoms with Crippen molar-refractivity contribution in [2.75, 3.05) is 31.4 Å². The molecule has 0 fully saturated rings. The summed E-state index contributed by atoms with van der Waals surface area (Å²) < 4.78 is 51.7. The van der Waals surface area contributed by atoms with Gasteiger partial charge in [0.05, 0.1) is 12.7 Å². The number of methoxy groups -OCH3 is 1. The number of oxazole rings is 1. The Kier molecular flexibility index (Phi) is 7.52. The Bertz CT molecular complexity index is 1680. The standard InChI is InChI=1S/C32H26F3N3O3/c1-38(2)24-15-13-21(14-16-24)29-28(30(39)36-23-17-22(32(33,34)35)18-25(19-23)40-3)37-31(41-29)27-12-8-7-11-26(27)20-9-5-4-6-10-20/h4-19H,1-3H3,(H,36,39). The molecule has 0 saturated carbocycles. The van der Waals surface area contributed by atoms with Crippen LogP contribution in [-0.4, -0.2) is 32.1 Å². The predicted molar refractivity (Wildman–Crippen MR) is 153 cm³/mol. The largest absolute Gasteiger partial charge is 0.497 e. The minimum atomic E-state index is -4.63. The molecule has 1 N–H and O–H groups in total. The molecule has 1 aromatic heterocycles. The van der Waals surface area contributed by atoms with Gasteiger partial charge in [-0.3, -0.25) is 4.79 Å². The first-order valence-electron chi connectivity index (χ1n) is 12.6. The van der Waals surface area contributed by atoms with E-state index in [0.717, 1.165) is 28.9 Å². The van der Waals surface area contributed by atoms with Crippen LogP contribution in [0.15, 0.2) is 101 Å². The second-order valence-corrected chi connectivity index (χ2v) is 9.45. The number of nitrogens with zero attached hydrogens (tertiary/aromatic N) is 2. The van der Waals surface area contributed by atoms with E-state index in [4.69, 9.17) is 9.15 Å². The number of aromatic nitrogens is 1. The fraction of sp³-hybridized carbons (Fsp3) is 0.125. The summed E-state index contributed by atoms with van der Waals surface area (Å²) >= 11 is 0. The van der Waals surface area contributed by atoms with Gasteiger partial charge in [-0.05, 0) is 53.6 Å².